The van der Waals surface area contributed by atoms with E-state index < -0.39 is 6.03 Å². The van der Waals surface area contributed by atoms with E-state index in [1.807, 2.05) is 32.9 Å². The van der Waals surface area contributed by atoms with Crippen molar-refractivity contribution in [2.45, 2.75) is 20.8 Å². The molecule has 0 saturated carbocycles. The van der Waals surface area contributed by atoms with Crippen molar-refractivity contribution in [3.63, 3.8) is 0 Å². The van der Waals surface area contributed by atoms with E-state index >= 15 is 0 Å². The first-order chi connectivity index (χ1) is 10.1. The molecule has 0 saturated heterocycles. The summed E-state index contributed by atoms with van der Waals surface area (Å²) in [5.74, 6) is 1.05. The van der Waals surface area contributed by atoms with Crippen LogP contribution in [0.3, 0.4) is 0 Å². The molecule has 2 amide bonds. The molecule has 0 unspecified atom stereocenters. The molecule has 1 aromatic carbocycles. The van der Waals surface area contributed by atoms with Gasteiger partial charge in [-0.1, -0.05) is 12.1 Å². The number of hydrogen-bond donors (Lipinski definition) is 2. The van der Waals surface area contributed by atoms with Crippen LogP contribution in [0.25, 0.3) is 0 Å². The molecule has 2 rings (SSSR count). The first-order valence-electron chi connectivity index (χ1n) is 6.59. The number of nitrogens with zero attached hydrogens (tertiary/aromatic N) is 2. The van der Waals surface area contributed by atoms with Crippen LogP contribution in [0.2, 0.25) is 0 Å². The number of carbonyl (C=O) groups excluding carboxylic acids is 1. The minimum atomic E-state index is -0.413. The van der Waals surface area contributed by atoms with Gasteiger partial charge < -0.3 is 10.1 Å². The van der Waals surface area contributed by atoms with Crippen LogP contribution in [0, 0.1) is 20.8 Å². The fourth-order valence-electron chi connectivity index (χ4n) is 1.83. The van der Waals surface area contributed by atoms with Gasteiger partial charge in [-0.2, -0.15) is 0 Å². The van der Waals surface area contributed by atoms with Crippen molar-refractivity contribution in [3.05, 3.63) is 47.3 Å². The summed E-state index contributed by atoms with van der Waals surface area (Å²) < 4.78 is 5.64. The molecule has 0 bridgehead atoms. The van der Waals surface area contributed by atoms with Crippen LogP contribution in [0.1, 0.15) is 16.7 Å². The Morgan fingerprint density at radius 1 is 1.14 bits per heavy atom. The van der Waals surface area contributed by atoms with E-state index in [0.717, 1.165) is 22.4 Å². The first kappa shape index (κ1) is 14.8. The van der Waals surface area contributed by atoms with Crippen molar-refractivity contribution >= 4 is 12.0 Å². The molecule has 0 spiro atoms. The van der Waals surface area contributed by atoms with Crippen molar-refractivity contribution in [1.29, 1.82) is 0 Å². The van der Waals surface area contributed by atoms with Crippen LogP contribution in [-0.2, 0) is 0 Å². The Bertz CT molecular complexity index is 629. The molecule has 2 aromatic rings. The largest absolute Gasteiger partial charge is 0.473 e. The lowest BCUT2D eigenvalue weighted by molar-refractivity contribution is 0.234. The van der Waals surface area contributed by atoms with Gasteiger partial charge in [0.15, 0.2) is 6.73 Å². The molecular formula is C15H18N4O2. The molecule has 6 heteroatoms. The third kappa shape index (κ3) is 3.92. The standard InChI is InChI=1S/C15H18N4O2/c1-10-5-6-11(2)13(12(10)3)21-9-18-15(20)19-14-16-7-4-8-17-14/h4-8H,9H2,1-3H3,(H2,16,17,18,19,20). The molecule has 21 heavy (non-hydrogen) atoms. The lowest BCUT2D eigenvalue weighted by atomic mass is 10.1. The summed E-state index contributed by atoms with van der Waals surface area (Å²) in [4.78, 5) is 19.5. The molecule has 0 fully saturated rings. The monoisotopic (exact) mass is 286 g/mol. The summed E-state index contributed by atoms with van der Waals surface area (Å²) in [5.41, 5.74) is 3.26. The second-order valence-corrected chi connectivity index (χ2v) is 4.65. The molecule has 1 heterocycles. The zero-order chi connectivity index (χ0) is 15.2. The first-order valence-corrected chi connectivity index (χ1v) is 6.59. The molecule has 0 radical (unpaired) electrons. The SMILES string of the molecule is Cc1ccc(C)c(OCNC(=O)Nc2ncccn2)c1C. The molecule has 0 aliphatic rings. The Labute approximate surface area is 123 Å². The van der Waals surface area contributed by atoms with E-state index in [1.54, 1.807) is 18.5 Å². The second-order valence-electron chi connectivity index (χ2n) is 4.65. The van der Waals surface area contributed by atoms with Gasteiger partial charge in [0.25, 0.3) is 0 Å². The summed E-state index contributed by atoms with van der Waals surface area (Å²) in [6.07, 6.45) is 3.11. The summed E-state index contributed by atoms with van der Waals surface area (Å²) in [6, 6.07) is 5.30. The Morgan fingerprint density at radius 2 is 1.81 bits per heavy atom. The number of urea groups is 1. The van der Waals surface area contributed by atoms with Gasteiger partial charge in [-0.05, 0) is 43.5 Å². The zero-order valence-electron chi connectivity index (χ0n) is 12.3. The van der Waals surface area contributed by atoms with Crippen LogP contribution < -0.4 is 15.4 Å². The summed E-state index contributed by atoms with van der Waals surface area (Å²) in [6.45, 7) is 6.06. The number of benzene rings is 1. The van der Waals surface area contributed by atoms with Crippen LogP contribution >= 0.6 is 0 Å². The summed E-state index contributed by atoms with van der Waals surface area (Å²) in [5, 5.41) is 5.12. The van der Waals surface area contributed by atoms with E-state index in [-0.39, 0.29) is 12.7 Å². The Morgan fingerprint density at radius 3 is 2.52 bits per heavy atom. The van der Waals surface area contributed by atoms with Gasteiger partial charge in [0.05, 0.1) is 0 Å². The number of carbonyl (C=O) groups is 1. The van der Waals surface area contributed by atoms with Crippen LogP contribution in [0.4, 0.5) is 10.7 Å². The second kappa shape index (κ2) is 6.69. The van der Waals surface area contributed by atoms with E-state index in [4.69, 9.17) is 4.74 Å². The molecule has 2 N–H and O–H groups in total. The van der Waals surface area contributed by atoms with Gasteiger partial charge in [0.1, 0.15) is 5.75 Å². The van der Waals surface area contributed by atoms with Gasteiger partial charge in [-0.25, -0.2) is 14.8 Å². The molecule has 0 aliphatic carbocycles. The summed E-state index contributed by atoms with van der Waals surface area (Å²) in [7, 11) is 0. The Balaban J connectivity index is 1.87. The highest BCUT2D eigenvalue weighted by molar-refractivity contribution is 5.87. The predicted molar refractivity (Wildman–Crippen MR) is 80.3 cm³/mol. The van der Waals surface area contributed by atoms with E-state index in [2.05, 4.69) is 20.6 Å². The maximum absolute atomic E-state index is 11.7. The van der Waals surface area contributed by atoms with Crippen LogP contribution in [0.5, 0.6) is 5.75 Å². The van der Waals surface area contributed by atoms with E-state index in [1.165, 1.54) is 0 Å². The van der Waals surface area contributed by atoms with Crippen molar-refractivity contribution in [2.24, 2.45) is 0 Å². The average molecular weight is 286 g/mol. The minimum Gasteiger partial charge on any atom is -0.473 e. The highest BCUT2D eigenvalue weighted by atomic mass is 16.5. The van der Waals surface area contributed by atoms with Gasteiger partial charge in [0, 0.05) is 12.4 Å². The van der Waals surface area contributed by atoms with Crippen molar-refractivity contribution in [3.8, 4) is 5.75 Å². The van der Waals surface area contributed by atoms with Crippen molar-refractivity contribution < 1.29 is 9.53 Å². The Kier molecular flexibility index (Phi) is 4.71. The smallest absolute Gasteiger partial charge is 0.324 e. The number of nitrogens with one attached hydrogen (secondary N) is 2. The van der Waals surface area contributed by atoms with Gasteiger partial charge in [0.2, 0.25) is 5.95 Å². The van der Waals surface area contributed by atoms with E-state index in [9.17, 15) is 4.79 Å². The average Bonchev–Trinajstić information content (AvgIpc) is 2.48. The predicted octanol–water partition coefficient (Wildman–Crippen LogP) is 2.56. The molecule has 1 aromatic heterocycles. The molecule has 0 aliphatic heterocycles. The quantitative estimate of drug-likeness (QED) is 0.847. The van der Waals surface area contributed by atoms with Gasteiger partial charge in [-0.3, -0.25) is 5.32 Å². The molecule has 6 nitrogen and oxygen atoms in total. The zero-order valence-corrected chi connectivity index (χ0v) is 12.3. The fourth-order valence-corrected chi connectivity index (χ4v) is 1.83. The lowest BCUT2D eigenvalue weighted by Gasteiger charge is -2.14. The third-order valence-corrected chi connectivity index (χ3v) is 3.11. The topological polar surface area (TPSA) is 76.1 Å². The maximum Gasteiger partial charge on any atom is 0.324 e. The molecule has 0 atom stereocenters. The molecular weight excluding hydrogens is 268 g/mol. The highest BCUT2D eigenvalue weighted by Crippen LogP contribution is 2.25. The number of hydrogen-bond acceptors (Lipinski definition) is 4. The van der Waals surface area contributed by atoms with Gasteiger partial charge in [-0.15, -0.1) is 0 Å². The minimum absolute atomic E-state index is 0.0732. The number of ether oxygens (including phenoxy) is 1. The number of rotatable bonds is 4. The van der Waals surface area contributed by atoms with Crippen LogP contribution in [-0.4, -0.2) is 22.7 Å². The van der Waals surface area contributed by atoms with Crippen molar-refractivity contribution in [1.82, 2.24) is 15.3 Å². The maximum atomic E-state index is 11.7. The Hall–Kier alpha value is -2.63. The van der Waals surface area contributed by atoms with E-state index in [0.29, 0.717) is 0 Å². The molecule has 110 valence electrons. The normalized spacial score (nSPS) is 10.0. The highest BCUT2D eigenvalue weighted by Gasteiger charge is 2.07. The number of aromatic nitrogens is 2. The fraction of sp³-hybridized carbons (Fsp3) is 0.267. The number of amides is 2. The number of aryl methyl sites for hydroxylation is 2. The van der Waals surface area contributed by atoms with Gasteiger partial charge >= 0.3 is 6.03 Å². The van der Waals surface area contributed by atoms with Crippen LogP contribution in [0.15, 0.2) is 30.6 Å². The third-order valence-electron chi connectivity index (χ3n) is 3.11. The number of anilines is 1. The lowest BCUT2D eigenvalue weighted by Crippen LogP contribution is -2.32. The van der Waals surface area contributed by atoms with Crippen molar-refractivity contribution in [2.75, 3.05) is 12.0 Å². The summed E-state index contributed by atoms with van der Waals surface area (Å²) >= 11 is 0.